The van der Waals surface area contributed by atoms with E-state index >= 15 is 0 Å². The average Bonchev–Trinajstić information content (AvgIpc) is 3.38. The Bertz CT molecular complexity index is 1480. The summed E-state index contributed by atoms with van der Waals surface area (Å²) >= 11 is 0. The third-order valence-corrected chi connectivity index (χ3v) is 6.04. The monoisotopic (exact) mass is 477 g/mol. The predicted molar refractivity (Wildman–Crippen MR) is 123 cm³/mol. The van der Waals surface area contributed by atoms with Crippen molar-refractivity contribution in [1.29, 1.82) is 0 Å². The number of aliphatic hydroxyl groups is 1. The highest BCUT2D eigenvalue weighted by Crippen LogP contribution is 2.44. The van der Waals surface area contributed by atoms with Gasteiger partial charge in [0.05, 0.1) is 17.2 Å². The van der Waals surface area contributed by atoms with Gasteiger partial charge in [-0.1, -0.05) is 48.5 Å². The van der Waals surface area contributed by atoms with E-state index in [-0.39, 0.29) is 17.0 Å². The number of aryl methyl sites for hydroxylation is 1. The van der Waals surface area contributed by atoms with Crippen molar-refractivity contribution in [2.24, 2.45) is 0 Å². The number of furan rings is 1. The molecule has 0 radical (unpaired) electrons. The van der Waals surface area contributed by atoms with Gasteiger partial charge in [-0.25, -0.2) is 0 Å². The molecule has 8 heteroatoms. The standard InChI is InChI=1S/C27H18F3NO4/c1-15-7-2-4-11-19(15)23-22(24(32)21-13-16-8-3-5-12-20(16)35-21)25(33)26(34)31(23)18-10-6-9-17(14-18)27(28,29)30/h2-14,23,33H,1H3. The first kappa shape index (κ1) is 22.5. The number of halogens is 3. The zero-order chi connectivity index (χ0) is 24.9. The molecule has 1 aromatic heterocycles. The van der Waals surface area contributed by atoms with Gasteiger partial charge in [0.1, 0.15) is 5.58 Å². The molecule has 0 saturated heterocycles. The molecule has 5 rings (SSSR count). The van der Waals surface area contributed by atoms with Crippen LogP contribution in [0, 0.1) is 6.92 Å². The molecule has 0 fully saturated rings. The number of fused-ring (bicyclic) bond motifs is 1. The fourth-order valence-electron chi connectivity index (χ4n) is 4.35. The Balaban J connectivity index is 1.68. The first-order valence-corrected chi connectivity index (χ1v) is 10.7. The van der Waals surface area contributed by atoms with E-state index in [1.54, 1.807) is 55.5 Å². The third kappa shape index (κ3) is 3.77. The summed E-state index contributed by atoms with van der Waals surface area (Å²) in [6.07, 6.45) is -4.64. The number of Topliss-reactive ketones (excluding diaryl/α,β-unsaturated/α-hetero) is 1. The molecule has 1 unspecified atom stereocenters. The van der Waals surface area contributed by atoms with Gasteiger partial charge in [0, 0.05) is 11.1 Å². The van der Waals surface area contributed by atoms with Crippen molar-refractivity contribution in [2.45, 2.75) is 19.1 Å². The quantitative estimate of drug-likeness (QED) is 0.339. The van der Waals surface area contributed by atoms with Gasteiger partial charge in [0.25, 0.3) is 5.91 Å². The van der Waals surface area contributed by atoms with Crippen LogP contribution in [-0.4, -0.2) is 16.8 Å². The van der Waals surface area contributed by atoms with Crippen LogP contribution in [-0.2, 0) is 11.0 Å². The molecule has 176 valence electrons. The van der Waals surface area contributed by atoms with Crippen LogP contribution in [0.25, 0.3) is 11.0 Å². The number of hydrogen-bond donors (Lipinski definition) is 1. The Morgan fingerprint density at radius 1 is 0.971 bits per heavy atom. The number of ketones is 1. The SMILES string of the molecule is Cc1ccccc1C1C(C(=O)c2cc3ccccc3o2)=C(O)C(=O)N1c1cccc(C(F)(F)F)c1. The van der Waals surface area contributed by atoms with Crippen molar-refractivity contribution in [2.75, 3.05) is 4.90 Å². The Morgan fingerprint density at radius 3 is 2.40 bits per heavy atom. The summed E-state index contributed by atoms with van der Waals surface area (Å²) in [5.41, 5.74) is 0.303. The van der Waals surface area contributed by atoms with E-state index in [1.807, 2.05) is 0 Å². The van der Waals surface area contributed by atoms with E-state index in [0.29, 0.717) is 22.1 Å². The summed E-state index contributed by atoms with van der Waals surface area (Å²) < 4.78 is 45.9. The van der Waals surface area contributed by atoms with E-state index in [9.17, 15) is 27.9 Å². The van der Waals surface area contributed by atoms with Gasteiger partial charge in [0.15, 0.2) is 11.5 Å². The summed E-state index contributed by atoms with van der Waals surface area (Å²) in [6.45, 7) is 1.75. The van der Waals surface area contributed by atoms with Gasteiger partial charge in [-0.3, -0.25) is 14.5 Å². The second-order valence-corrected chi connectivity index (χ2v) is 8.22. The first-order valence-electron chi connectivity index (χ1n) is 10.7. The van der Waals surface area contributed by atoms with Crippen molar-refractivity contribution in [3.63, 3.8) is 0 Å². The van der Waals surface area contributed by atoms with Gasteiger partial charge in [-0.2, -0.15) is 13.2 Å². The van der Waals surface area contributed by atoms with Crippen molar-refractivity contribution < 1.29 is 32.3 Å². The number of aliphatic hydroxyl groups excluding tert-OH is 1. The minimum atomic E-state index is -4.64. The van der Waals surface area contributed by atoms with Crippen LogP contribution in [0.1, 0.15) is 33.3 Å². The van der Waals surface area contributed by atoms with Crippen LogP contribution in [0.2, 0.25) is 0 Å². The Labute approximate surface area is 197 Å². The maximum absolute atomic E-state index is 13.6. The third-order valence-electron chi connectivity index (χ3n) is 6.04. The molecule has 3 aromatic carbocycles. The molecule has 2 heterocycles. The van der Waals surface area contributed by atoms with E-state index in [2.05, 4.69) is 0 Å². The van der Waals surface area contributed by atoms with Crippen molar-refractivity contribution >= 4 is 28.3 Å². The maximum atomic E-state index is 13.6. The van der Waals surface area contributed by atoms with Crippen LogP contribution >= 0.6 is 0 Å². The number of para-hydroxylation sites is 1. The molecule has 0 saturated carbocycles. The lowest BCUT2D eigenvalue weighted by atomic mass is 9.92. The van der Waals surface area contributed by atoms with Crippen LogP contribution in [0.15, 0.2) is 94.6 Å². The Kier molecular flexibility index (Phi) is 5.24. The molecule has 5 nitrogen and oxygen atoms in total. The molecule has 1 amide bonds. The second-order valence-electron chi connectivity index (χ2n) is 8.22. The minimum absolute atomic E-state index is 0.0926. The van der Waals surface area contributed by atoms with Gasteiger partial charge in [-0.15, -0.1) is 0 Å². The van der Waals surface area contributed by atoms with E-state index in [4.69, 9.17) is 4.42 Å². The van der Waals surface area contributed by atoms with E-state index in [1.165, 1.54) is 18.2 Å². The number of carbonyl (C=O) groups is 2. The minimum Gasteiger partial charge on any atom is -0.503 e. The molecule has 1 aliphatic heterocycles. The topological polar surface area (TPSA) is 70.7 Å². The molecule has 1 atom stereocenters. The zero-order valence-corrected chi connectivity index (χ0v) is 18.3. The number of anilines is 1. The summed E-state index contributed by atoms with van der Waals surface area (Å²) in [7, 11) is 0. The number of rotatable bonds is 4. The second kappa shape index (κ2) is 8.16. The first-order chi connectivity index (χ1) is 16.7. The number of hydrogen-bond acceptors (Lipinski definition) is 4. The number of carbonyl (C=O) groups excluding carboxylic acids is 2. The molecule has 0 spiro atoms. The highest BCUT2D eigenvalue weighted by atomic mass is 19.4. The fourth-order valence-corrected chi connectivity index (χ4v) is 4.35. The van der Waals surface area contributed by atoms with Crippen LogP contribution in [0.4, 0.5) is 18.9 Å². The molecule has 1 N–H and O–H groups in total. The van der Waals surface area contributed by atoms with Crippen molar-refractivity contribution in [3.05, 3.63) is 113 Å². The molecular formula is C27H18F3NO4. The fraction of sp³-hybridized carbons (Fsp3) is 0.111. The smallest absolute Gasteiger partial charge is 0.416 e. The Hall–Kier alpha value is -4.33. The number of amides is 1. The predicted octanol–water partition coefficient (Wildman–Crippen LogP) is 6.54. The van der Waals surface area contributed by atoms with Crippen molar-refractivity contribution in [1.82, 2.24) is 0 Å². The molecule has 4 aromatic rings. The lowest BCUT2D eigenvalue weighted by Gasteiger charge is -2.28. The zero-order valence-electron chi connectivity index (χ0n) is 18.3. The lowest BCUT2D eigenvalue weighted by molar-refractivity contribution is -0.137. The molecule has 0 aliphatic carbocycles. The molecule has 0 bridgehead atoms. The van der Waals surface area contributed by atoms with E-state index < -0.39 is 35.2 Å². The Morgan fingerprint density at radius 2 is 1.69 bits per heavy atom. The number of alkyl halides is 3. The van der Waals surface area contributed by atoms with Crippen LogP contribution in [0.3, 0.4) is 0 Å². The van der Waals surface area contributed by atoms with Crippen molar-refractivity contribution in [3.8, 4) is 0 Å². The summed E-state index contributed by atoms with van der Waals surface area (Å²) in [6, 6.07) is 18.4. The average molecular weight is 477 g/mol. The molecule has 35 heavy (non-hydrogen) atoms. The maximum Gasteiger partial charge on any atom is 0.416 e. The highest BCUT2D eigenvalue weighted by Gasteiger charge is 2.46. The number of nitrogens with zero attached hydrogens (tertiary/aromatic N) is 1. The highest BCUT2D eigenvalue weighted by molar-refractivity contribution is 6.20. The van der Waals surface area contributed by atoms with Gasteiger partial charge in [0.2, 0.25) is 5.78 Å². The van der Waals surface area contributed by atoms with E-state index in [0.717, 1.165) is 17.0 Å². The molecular weight excluding hydrogens is 459 g/mol. The van der Waals surface area contributed by atoms with Crippen LogP contribution < -0.4 is 4.90 Å². The summed E-state index contributed by atoms with van der Waals surface area (Å²) in [4.78, 5) is 27.9. The molecule has 1 aliphatic rings. The van der Waals surface area contributed by atoms with Gasteiger partial charge < -0.3 is 9.52 Å². The van der Waals surface area contributed by atoms with Gasteiger partial charge in [-0.05, 0) is 48.4 Å². The number of benzene rings is 3. The largest absolute Gasteiger partial charge is 0.503 e. The summed E-state index contributed by atoms with van der Waals surface area (Å²) in [5, 5.41) is 11.5. The normalized spacial score (nSPS) is 16.4. The summed E-state index contributed by atoms with van der Waals surface area (Å²) in [5.74, 6) is -2.63. The van der Waals surface area contributed by atoms with Crippen LogP contribution in [0.5, 0.6) is 0 Å². The van der Waals surface area contributed by atoms with Gasteiger partial charge >= 0.3 is 6.18 Å². The lowest BCUT2D eigenvalue weighted by Crippen LogP contribution is -2.31.